The van der Waals surface area contributed by atoms with Gasteiger partial charge < -0.3 is 14.3 Å². The first-order chi connectivity index (χ1) is 18.3. The zero-order chi connectivity index (χ0) is 28.4. The van der Waals surface area contributed by atoms with Crippen molar-refractivity contribution in [2.24, 2.45) is 0 Å². The van der Waals surface area contributed by atoms with Gasteiger partial charge in [0.2, 0.25) is 5.95 Å². The highest BCUT2D eigenvalue weighted by Gasteiger charge is 2.38. The van der Waals surface area contributed by atoms with Gasteiger partial charge >= 0.3 is 0 Å². The second kappa shape index (κ2) is 11.3. The number of rotatable bonds is 8. The van der Waals surface area contributed by atoms with Crippen LogP contribution in [-0.2, 0) is 4.43 Å². The molecule has 0 spiro atoms. The van der Waals surface area contributed by atoms with Crippen LogP contribution in [0.5, 0.6) is 0 Å². The standard InChI is InChI=1S/C28H32ClFN6O2Si/c1-18-31-13-10-25(33-18)35-27-32-12-9-23(34-27)19-11-14-36(26(37)16-19)24(17-38-39(5,6)28(2,3)4)20-7-8-21(29)22(30)15-20/h7-16,24H,17H2,1-6H3,(H,31,32,33,34,35). The maximum Gasteiger partial charge on any atom is 0.251 e. The number of benzene rings is 1. The molecule has 204 valence electrons. The van der Waals surface area contributed by atoms with Gasteiger partial charge in [-0.2, -0.15) is 0 Å². The molecule has 3 heterocycles. The molecule has 0 bridgehead atoms. The summed E-state index contributed by atoms with van der Waals surface area (Å²) in [6.45, 7) is 12.7. The van der Waals surface area contributed by atoms with E-state index in [9.17, 15) is 9.18 Å². The van der Waals surface area contributed by atoms with Crippen molar-refractivity contribution in [2.45, 2.75) is 51.9 Å². The minimum atomic E-state index is -2.15. The average molecular weight is 567 g/mol. The summed E-state index contributed by atoms with van der Waals surface area (Å²) in [4.78, 5) is 30.6. The highest BCUT2D eigenvalue weighted by atomic mass is 35.5. The molecule has 0 aliphatic carbocycles. The number of aromatic nitrogens is 5. The SMILES string of the molecule is Cc1nccc(Nc2nccc(-c3ccn(C(CO[Si](C)(C)C(C)(C)C)c4ccc(Cl)c(F)c4)c(=O)c3)n2)n1. The van der Waals surface area contributed by atoms with Crippen LogP contribution in [0.1, 0.15) is 38.2 Å². The van der Waals surface area contributed by atoms with E-state index in [1.807, 2.05) is 0 Å². The second-order valence-corrected chi connectivity index (χ2v) is 16.0. The van der Waals surface area contributed by atoms with E-state index in [-0.39, 0.29) is 22.2 Å². The van der Waals surface area contributed by atoms with Gasteiger partial charge in [-0.3, -0.25) is 4.79 Å². The molecule has 3 aromatic heterocycles. The summed E-state index contributed by atoms with van der Waals surface area (Å²) in [5.41, 5.74) is 1.51. The van der Waals surface area contributed by atoms with Crippen LogP contribution in [0.25, 0.3) is 11.3 Å². The first-order valence-electron chi connectivity index (χ1n) is 12.6. The number of hydrogen-bond acceptors (Lipinski definition) is 7. The summed E-state index contributed by atoms with van der Waals surface area (Å²) in [6.07, 6.45) is 4.94. The molecule has 8 nitrogen and oxygen atoms in total. The number of nitrogens with one attached hydrogen (secondary N) is 1. The normalized spacial score (nSPS) is 12.8. The van der Waals surface area contributed by atoms with Crippen LogP contribution in [0.3, 0.4) is 0 Å². The fourth-order valence-electron chi connectivity index (χ4n) is 3.69. The third-order valence-electron chi connectivity index (χ3n) is 6.99. The molecule has 1 atom stereocenters. The number of pyridine rings is 1. The maximum atomic E-state index is 14.4. The fourth-order valence-corrected chi connectivity index (χ4v) is 4.81. The molecule has 0 saturated heterocycles. The zero-order valence-electron chi connectivity index (χ0n) is 22.9. The third kappa shape index (κ3) is 6.76. The molecule has 11 heteroatoms. The monoisotopic (exact) mass is 566 g/mol. The summed E-state index contributed by atoms with van der Waals surface area (Å²) < 4.78 is 22.5. The molecule has 0 aliphatic heterocycles. The predicted molar refractivity (Wildman–Crippen MR) is 154 cm³/mol. The van der Waals surface area contributed by atoms with Crippen LogP contribution in [0.2, 0.25) is 23.2 Å². The van der Waals surface area contributed by atoms with E-state index in [0.717, 1.165) is 0 Å². The van der Waals surface area contributed by atoms with Crippen molar-refractivity contribution in [2.75, 3.05) is 11.9 Å². The van der Waals surface area contributed by atoms with E-state index < -0.39 is 20.2 Å². The van der Waals surface area contributed by atoms with Gasteiger partial charge in [0.15, 0.2) is 8.32 Å². The molecule has 1 unspecified atom stereocenters. The van der Waals surface area contributed by atoms with Crippen LogP contribution in [0, 0.1) is 12.7 Å². The van der Waals surface area contributed by atoms with Gasteiger partial charge in [-0.05, 0) is 61.0 Å². The van der Waals surface area contributed by atoms with Crippen LogP contribution in [0.15, 0.2) is 65.8 Å². The molecule has 0 aliphatic rings. The zero-order valence-corrected chi connectivity index (χ0v) is 24.6. The lowest BCUT2D eigenvalue weighted by Crippen LogP contribution is -2.43. The van der Waals surface area contributed by atoms with Crippen molar-refractivity contribution in [1.29, 1.82) is 0 Å². The Morgan fingerprint density at radius 2 is 1.82 bits per heavy atom. The Balaban J connectivity index is 1.66. The quantitative estimate of drug-likeness (QED) is 0.242. The van der Waals surface area contributed by atoms with Gasteiger partial charge in [0, 0.05) is 30.2 Å². The van der Waals surface area contributed by atoms with Crippen LogP contribution in [0.4, 0.5) is 16.2 Å². The van der Waals surface area contributed by atoms with E-state index in [4.69, 9.17) is 16.0 Å². The Hall–Kier alpha value is -3.47. The van der Waals surface area contributed by atoms with E-state index in [2.05, 4.69) is 59.1 Å². The molecule has 0 saturated carbocycles. The van der Waals surface area contributed by atoms with Gasteiger partial charge in [-0.25, -0.2) is 24.3 Å². The topological polar surface area (TPSA) is 94.8 Å². The summed E-state index contributed by atoms with van der Waals surface area (Å²) in [6, 6.07) is 10.8. The van der Waals surface area contributed by atoms with Crippen LogP contribution in [-0.4, -0.2) is 39.4 Å². The summed E-state index contributed by atoms with van der Waals surface area (Å²) in [7, 11) is -2.15. The van der Waals surface area contributed by atoms with Crippen molar-refractivity contribution in [3.05, 3.63) is 93.6 Å². The summed E-state index contributed by atoms with van der Waals surface area (Å²) in [5.74, 6) is 0.977. The fraction of sp³-hybridized carbons (Fsp3) is 0.321. The minimum absolute atomic E-state index is 0.0239. The summed E-state index contributed by atoms with van der Waals surface area (Å²) >= 11 is 5.94. The van der Waals surface area contributed by atoms with Crippen molar-refractivity contribution in [3.8, 4) is 11.3 Å². The Labute approximate surface area is 233 Å². The number of halogens is 2. The average Bonchev–Trinajstić information content (AvgIpc) is 2.86. The van der Waals surface area contributed by atoms with Crippen molar-refractivity contribution >= 4 is 31.7 Å². The maximum absolute atomic E-state index is 14.4. The number of aryl methyl sites for hydroxylation is 1. The molecule has 4 rings (SSSR count). The molecular formula is C28H32ClFN6O2Si. The molecule has 0 radical (unpaired) electrons. The smallest absolute Gasteiger partial charge is 0.251 e. The molecule has 1 aromatic carbocycles. The first-order valence-corrected chi connectivity index (χ1v) is 15.8. The van der Waals surface area contributed by atoms with E-state index in [1.165, 1.54) is 18.2 Å². The number of anilines is 2. The first kappa shape index (κ1) is 28.5. The number of nitrogens with zero attached hydrogens (tertiary/aromatic N) is 5. The Morgan fingerprint density at radius 1 is 1.08 bits per heavy atom. The molecule has 0 amide bonds. The van der Waals surface area contributed by atoms with Crippen molar-refractivity contribution in [3.63, 3.8) is 0 Å². The van der Waals surface area contributed by atoms with Gasteiger partial charge in [0.1, 0.15) is 17.5 Å². The highest BCUT2D eigenvalue weighted by molar-refractivity contribution is 6.74. The lowest BCUT2D eigenvalue weighted by Gasteiger charge is -2.37. The molecule has 0 fully saturated rings. The van der Waals surface area contributed by atoms with Gasteiger partial charge in [-0.1, -0.05) is 38.4 Å². The largest absolute Gasteiger partial charge is 0.414 e. The minimum Gasteiger partial charge on any atom is -0.414 e. The van der Waals surface area contributed by atoms with E-state index >= 15 is 0 Å². The van der Waals surface area contributed by atoms with Crippen LogP contribution < -0.4 is 10.9 Å². The molecule has 4 aromatic rings. The molecular weight excluding hydrogens is 535 g/mol. The third-order valence-corrected chi connectivity index (χ3v) is 11.8. The van der Waals surface area contributed by atoms with Crippen molar-refractivity contribution < 1.29 is 8.82 Å². The van der Waals surface area contributed by atoms with E-state index in [0.29, 0.717) is 34.4 Å². The Bertz CT molecular complexity index is 1540. The molecule has 1 N–H and O–H groups in total. The van der Waals surface area contributed by atoms with Gasteiger partial charge in [0.05, 0.1) is 23.4 Å². The van der Waals surface area contributed by atoms with E-state index in [1.54, 1.807) is 54.3 Å². The lowest BCUT2D eigenvalue weighted by atomic mass is 10.1. The Morgan fingerprint density at radius 3 is 2.49 bits per heavy atom. The second-order valence-electron chi connectivity index (χ2n) is 10.8. The van der Waals surface area contributed by atoms with Gasteiger partial charge in [-0.15, -0.1) is 0 Å². The highest BCUT2D eigenvalue weighted by Crippen LogP contribution is 2.37. The van der Waals surface area contributed by atoms with Crippen molar-refractivity contribution in [1.82, 2.24) is 24.5 Å². The van der Waals surface area contributed by atoms with Gasteiger partial charge in [0.25, 0.3) is 5.56 Å². The molecule has 39 heavy (non-hydrogen) atoms. The number of hydrogen-bond donors (Lipinski definition) is 1. The Kier molecular flexibility index (Phi) is 8.29. The van der Waals surface area contributed by atoms with Crippen LogP contribution >= 0.6 is 11.6 Å². The predicted octanol–water partition coefficient (Wildman–Crippen LogP) is 6.55. The summed E-state index contributed by atoms with van der Waals surface area (Å²) in [5, 5.41) is 3.05. The lowest BCUT2D eigenvalue weighted by molar-refractivity contribution is 0.246.